The molecule has 0 N–H and O–H groups in total. The molecule has 35 heavy (non-hydrogen) atoms. The maximum Gasteiger partial charge on any atom is 0.140 e. The van der Waals surface area contributed by atoms with E-state index in [0.717, 1.165) is 22.3 Å². The molecule has 0 unspecified atom stereocenters. The summed E-state index contributed by atoms with van der Waals surface area (Å²) in [6.45, 7) is 6.24. The van der Waals surface area contributed by atoms with Crippen molar-refractivity contribution in [2.24, 2.45) is 0 Å². The van der Waals surface area contributed by atoms with Gasteiger partial charge < -0.3 is 4.74 Å². The molecule has 0 aromatic heterocycles. The molecule has 0 saturated carbocycles. The zero-order valence-electron chi connectivity index (χ0n) is 19.6. The minimum absolute atomic E-state index is 0.496. The Labute approximate surface area is 205 Å². The van der Waals surface area contributed by atoms with Crippen LogP contribution in [0.15, 0.2) is 127 Å². The van der Waals surface area contributed by atoms with Crippen LogP contribution in [0.1, 0.15) is 29.2 Å². The van der Waals surface area contributed by atoms with Crippen molar-refractivity contribution < 1.29 is 4.74 Å². The average Bonchev–Trinajstić information content (AvgIpc) is 3.18. The molecule has 166 valence electrons. The van der Waals surface area contributed by atoms with Gasteiger partial charge in [0.15, 0.2) is 0 Å². The molecule has 0 radical (unpaired) electrons. The van der Waals surface area contributed by atoms with Gasteiger partial charge in [-0.1, -0.05) is 122 Å². The Bertz CT molecular complexity index is 1660. The van der Waals surface area contributed by atoms with Crippen LogP contribution in [0.4, 0.5) is 0 Å². The van der Waals surface area contributed by atoms with Crippen LogP contribution >= 0.6 is 0 Å². The summed E-state index contributed by atoms with van der Waals surface area (Å²) >= 11 is 0. The lowest BCUT2D eigenvalue weighted by Crippen LogP contribution is -2.32. The van der Waals surface area contributed by atoms with E-state index in [9.17, 15) is 0 Å². The summed E-state index contributed by atoms with van der Waals surface area (Å²) in [5.74, 6) is 1.88. The lowest BCUT2D eigenvalue weighted by Gasteiger charge is -2.40. The van der Waals surface area contributed by atoms with Gasteiger partial charge in [-0.05, 0) is 40.0 Å². The van der Waals surface area contributed by atoms with Crippen molar-refractivity contribution in [2.75, 3.05) is 0 Å². The average molecular weight is 449 g/mol. The lowest BCUT2D eigenvalue weighted by atomic mass is 9.65. The van der Waals surface area contributed by atoms with Crippen LogP contribution in [0.25, 0.3) is 27.1 Å². The molecule has 7 rings (SSSR count). The van der Waals surface area contributed by atoms with E-state index in [0.29, 0.717) is 0 Å². The molecule has 1 aliphatic heterocycles. The third-order valence-corrected chi connectivity index (χ3v) is 7.66. The summed E-state index contributed by atoms with van der Waals surface area (Å²) in [5.41, 5.74) is 6.91. The SMILES string of the molecule is C=CC=C1/C(=C\C)c2ccccc2C12c1ccc3ccccc3c1Oc1c2ccc2ccccc12. The first-order valence-electron chi connectivity index (χ1n) is 12.1. The largest absolute Gasteiger partial charge is 0.455 e. The highest BCUT2D eigenvalue weighted by Crippen LogP contribution is 2.64. The number of hydrogen-bond donors (Lipinski definition) is 0. The minimum Gasteiger partial charge on any atom is -0.455 e. The van der Waals surface area contributed by atoms with E-state index in [4.69, 9.17) is 4.74 Å². The second-order valence-electron chi connectivity index (χ2n) is 9.24. The van der Waals surface area contributed by atoms with Crippen LogP contribution in [0.3, 0.4) is 0 Å². The normalized spacial score (nSPS) is 17.4. The first-order valence-corrected chi connectivity index (χ1v) is 12.1. The second-order valence-corrected chi connectivity index (χ2v) is 9.24. The number of ether oxygens (including phenoxy) is 1. The first-order chi connectivity index (χ1) is 17.3. The van der Waals surface area contributed by atoms with Gasteiger partial charge in [-0.2, -0.15) is 0 Å². The Morgan fingerprint density at radius 2 is 1.23 bits per heavy atom. The Kier molecular flexibility index (Phi) is 4.19. The van der Waals surface area contributed by atoms with E-state index < -0.39 is 5.41 Å². The number of benzene rings is 5. The Morgan fingerprint density at radius 1 is 0.657 bits per heavy atom. The van der Waals surface area contributed by atoms with Gasteiger partial charge in [0.05, 0.1) is 5.41 Å². The van der Waals surface area contributed by atoms with Gasteiger partial charge in [-0.3, -0.25) is 0 Å². The van der Waals surface area contributed by atoms with Crippen molar-refractivity contribution in [3.05, 3.63) is 150 Å². The highest BCUT2D eigenvalue weighted by molar-refractivity contribution is 6.02. The summed E-state index contributed by atoms with van der Waals surface area (Å²) in [5, 5.41) is 4.62. The van der Waals surface area contributed by atoms with E-state index in [-0.39, 0.29) is 0 Å². The Balaban J connectivity index is 1.74. The lowest BCUT2D eigenvalue weighted by molar-refractivity contribution is 0.447. The summed E-state index contributed by atoms with van der Waals surface area (Å²) in [6.07, 6.45) is 6.35. The van der Waals surface area contributed by atoms with E-state index in [1.165, 1.54) is 44.2 Å². The van der Waals surface area contributed by atoms with Crippen molar-refractivity contribution in [1.29, 1.82) is 0 Å². The van der Waals surface area contributed by atoms with Crippen LogP contribution in [-0.2, 0) is 5.41 Å². The van der Waals surface area contributed by atoms with Gasteiger partial charge in [0.25, 0.3) is 0 Å². The molecule has 1 aliphatic carbocycles. The van der Waals surface area contributed by atoms with E-state index in [2.05, 4.69) is 123 Å². The third-order valence-electron chi connectivity index (χ3n) is 7.66. The molecule has 2 aliphatic rings. The minimum atomic E-state index is -0.496. The smallest absolute Gasteiger partial charge is 0.140 e. The quantitative estimate of drug-likeness (QED) is 0.249. The molecule has 0 saturated heterocycles. The standard InChI is InChI=1S/C34H24O/c1-3-11-28-24(4-2)27-16-9-10-17-29(27)34(28)30-20-18-22-12-5-7-14-25(22)32(30)35-33-26-15-8-6-13-23(26)19-21-31(33)34/h3-21H,1H2,2H3/b24-4-,28-11?. The molecule has 1 nitrogen and oxygen atoms in total. The first kappa shape index (κ1) is 20.1. The zero-order chi connectivity index (χ0) is 23.6. The molecule has 0 amide bonds. The highest BCUT2D eigenvalue weighted by atomic mass is 16.5. The van der Waals surface area contributed by atoms with Gasteiger partial charge in [0.1, 0.15) is 11.5 Å². The van der Waals surface area contributed by atoms with Gasteiger partial charge in [-0.25, -0.2) is 0 Å². The van der Waals surface area contributed by atoms with Crippen LogP contribution in [0.2, 0.25) is 0 Å². The van der Waals surface area contributed by atoms with Crippen molar-refractivity contribution in [2.45, 2.75) is 12.3 Å². The Hall–Kier alpha value is -4.36. The molecule has 1 heteroatoms. The topological polar surface area (TPSA) is 9.23 Å². The maximum absolute atomic E-state index is 6.93. The second kappa shape index (κ2) is 7.32. The Morgan fingerprint density at radius 3 is 1.83 bits per heavy atom. The fraction of sp³-hybridized carbons (Fsp3) is 0.0588. The summed E-state index contributed by atoms with van der Waals surface area (Å²) in [4.78, 5) is 0. The van der Waals surface area contributed by atoms with Crippen LogP contribution in [0, 0.1) is 0 Å². The molecule has 0 bridgehead atoms. The third kappa shape index (κ3) is 2.48. The number of rotatable bonds is 1. The van der Waals surface area contributed by atoms with Crippen LogP contribution < -0.4 is 4.74 Å². The zero-order valence-corrected chi connectivity index (χ0v) is 19.6. The van der Waals surface area contributed by atoms with Crippen LogP contribution in [0.5, 0.6) is 11.5 Å². The molecule has 1 heterocycles. The van der Waals surface area contributed by atoms with Crippen molar-refractivity contribution in [1.82, 2.24) is 0 Å². The fourth-order valence-electron chi connectivity index (χ4n) is 6.30. The maximum atomic E-state index is 6.93. The fourth-order valence-corrected chi connectivity index (χ4v) is 6.30. The van der Waals surface area contributed by atoms with Crippen molar-refractivity contribution in [3.8, 4) is 11.5 Å². The molecule has 0 atom stereocenters. The van der Waals surface area contributed by atoms with Gasteiger partial charge in [-0.15, -0.1) is 0 Å². The van der Waals surface area contributed by atoms with Gasteiger partial charge >= 0.3 is 0 Å². The van der Waals surface area contributed by atoms with E-state index in [1.807, 2.05) is 6.08 Å². The number of allylic oxidation sites excluding steroid dienone is 5. The molecule has 5 aromatic carbocycles. The molecule has 1 spiro atoms. The summed E-state index contributed by atoms with van der Waals surface area (Å²) < 4.78 is 6.93. The van der Waals surface area contributed by atoms with E-state index in [1.54, 1.807) is 0 Å². The van der Waals surface area contributed by atoms with Crippen LogP contribution in [-0.4, -0.2) is 0 Å². The number of hydrogen-bond acceptors (Lipinski definition) is 1. The predicted octanol–water partition coefficient (Wildman–Crippen LogP) is 8.96. The highest BCUT2D eigenvalue weighted by Gasteiger charge is 2.53. The summed E-state index contributed by atoms with van der Waals surface area (Å²) in [6, 6.07) is 34.8. The van der Waals surface area contributed by atoms with Crippen molar-refractivity contribution in [3.63, 3.8) is 0 Å². The predicted molar refractivity (Wildman–Crippen MR) is 146 cm³/mol. The van der Waals surface area contributed by atoms with Crippen molar-refractivity contribution >= 4 is 27.1 Å². The number of fused-ring (bicyclic) bond motifs is 10. The van der Waals surface area contributed by atoms with E-state index >= 15 is 0 Å². The summed E-state index contributed by atoms with van der Waals surface area (Å²) in [7, 11) is 0. The molecule has 0 fully saturated rings. The molecular weight excluding hydrogens is 424 g/mol. The molecule has 5 aromatic rings. The van der Waals surface area contributed by atoms with Gasteiger partial charge in [0.2, 0.25) is 0 Å². The monoisotopic (exact) mass is 448 g/mol. The van der Waals surface area contributed by atoms with Gasteiger partial charge in [0, 0.05) is 21.9 Å². The molecular formula is C34H24O.